The Hall–Kier alpha value is -19.1. The molecule has 17 N–H and O–H groups in total. The first kappa shape index (κ1) is 94.0. The van der Waals surface area contributed by atoms with Crippen molar-refractivity contribution in [2.75, 3.05) is 0 Å². The van der Waals surface area contributed by atoms with Crippen LogP contribution < -0.4 is 33.2 Å². The summed E-state index contributed by atoms with van der Waals surface area (Å²) < 4.78 is 31.4. The van der Waals surface area contributed by atoms with E-state index in [0.29, 0.717) is 0 Å². The molecule has 0 aliphatic rings. The highest BCUT2D eigenvalue weighted by Crippen LogP contribution is 2.44. The molecule has 0 aliphatic heterocycles. The maximum atomic E-state index is 12.4. The number of carbonyl (C=O) groups is 15. The Labute approximate surface area is 703 Å². The van der Waals surface area contributed by atoms with E-state index in [2.05, 4.69) is 33.2 Å². The summed E-state index contributed by atoms with van der Waals surface area (Å²) in [6.07, 6.45) is 0. The molecule has 0 heterocycles. The fraction of sp³-hybridized carbons (Fsp3) is 0. The lowest BCUT2D eigenvalue weighted by molar-refractivity contribution is -0.123. The number of hydrogen-bond acceptors (Lipinski definition) is 37. The van der Waals surface area contributed by atoms with E-state index in [1.165, 1.54) is 140 Å². The van der Waals surface area contributed by atoms with Gasteiger partial charge < -0.3 is 120 Å². The number of ketones is 6. The van der Waals surface area contributed by atoms with Crippen LogP contribution in [0.4, 0.5) is 0 Å². The summed E-state index contributed by atoms with van der Waals surface area (Å²) in [5, 5.41) is 164. The second-order valence-corrected chi connectivity index (χ2v) is 24.2. The van der Waals surface area contributed by atoms with Gasteiger partial charge in [-0.05, 0) is 115 Å². The van der Waals surface area contributed by atoms with E-state index in [0.717, 1.165) is 54.6 Å². The number of carboxylic acids is 2. The number of phenols is 15. The summed E-state index contributed by atoms with van der Waals surface area (Å²) in [6, 6.07) is 46.5. The summed E-state index contributed by atoms with van der Waals surface area (Å²) >= 11 is 0. The van der Waals surface area contributed by atoms with Gasteiger partial charge in [0.1, 0.15) is 91.6 Å². The Morgan fingerprint density at radius 3 is 0.865 bits per heavy atom. The fourth-order valence-electron chi connectivity index (χ4n) is 10.8. The molecule has 0 aromatic heterocycles. The third-order valence-corrected chi connectivity index (χ3v) is 16.6. The number of benzene rings is 12. The van der Waals surface area contributed by atoms with Crippen LogP contribution in [-0.2, 0) is 33.6 Å². The lowest BCUT2D eigenvalue weighted by Gasteiger charge is -2.11. The predicted molar refractivity (Wildman–Crippen MR) is 424 cm³/mol. The van der Waals surface area contributed by atoms with E-state index in [4.69, 9.17) is 5.11 Å². The standard InChI is InChI=1S/3C15H10O7.3C14H10O6/c16-7-22-8-5-10(15(20)21)13(12(18)6-8)14(19)9-3-1-2-4-11(9)17;16-7-22-13-6-12(18)9(5-10(13)15(20)21)14(19)8-3-1-2-4-11(8)17;16-7-21-12-6-5-10(14(20)15(12)22-8-17)13(19)9-3-1-2-4-11(9)18;15-7-20-8-5-11(17)13(12(18)6-8)14(19)9-3-1-2-4-10(9)16;15-7-20-13-6-11(17)9(5-12(13)18)14(19)8-3-1-2-4-10(8)16;15-7-20-11-6-5-9(13(18)14(11)19)12(17)8-3-1-2-4-10(8)16/h2*1-7,17-18H,(H,20,21);1-8,18,20H;2*1-7,16-18H;1-7,16,18-19H. The number of hydrogen-bond donors (Lipinski definition) is 17. The molecule has 0 saturated carbocycles. The van der Waals surface area contributed by atoms with Crippen molar-refractivity contribution < 1.29 is 192 Å². The zero-order valence-electron chi connectivity index (χ0n) is 63.4. The first-order chi connectivity index (χ1) is 60.1. The second-order valence-electron chi connectivity index (χ2n) is 24.2. The van der Waals surface area contributed by atoms with Crippen LogP contribution in [-0.4, -0.2) is 179 Å². The molecule has 12 aromatic carbocycles. The maximum Gasteiger partial charge on any atom is 0.339 e. The molecule has 126 heavy (non-hydrogen) atoms. The highest BCUT2D eigenvalue weighted by Gasteiger charge is 2.30. The van der Waals surface area contributed by atoms with Crippen LogP contribution in [0.15, 0.2) is 218 Å². The quantitative estimate of drug-likeness (QED) is 0.00939. The topological polar surface area (TPSA) is 665 Å². The monoisotopic (exact) mass is 1730 g/mol. The molecule has 0 unspecified atom stereocenters. The van der Waals surface area contributed by atoms with Crippen molar-refractivity contribution in [2.45, 2.75) is 0 Å². The minimum atomic E-state index is -1.49. The largest absolute Gasteiger partial charge is 0.507 e. The molecule has 642 valence electrons. The molecule has 39 heteroatoms. The number of aromatic hydroxyl groups is 15. The number of carboxylic acid groups (broad SMARTS) is 2. The van der Waals surface area contributed by atoms with Gasteiger partial charge in [-0.1, -0.05) is 72.8 Å². The lowest BCUT2D eigenvalue weighted by Crippen LogP contribution is -2.11. The van der Waals surface area contributed by atoms with Crippen molar-refractivity contribution in [1.82, 2.24) is 0 Å². The van der Waals surface area contributed by atoms with Gasteiger partial charge in [-0.25, -0.2) is 9.59 Å². The zero-order valence-corrected chi connectivity index (χ0v) is 63.4. The average Bonchev–Trinajstić information content (AvgIpc) is 0.795. The van der Waals surface area contributed by atoms with Crippen LogP contribution in [0.1, 0.15) is 116 Å². The minimum absolute atomic E-state index is 0.00569. The molecule has 0 amide bonds. The van der Waals surface area contributed by atoms with Crippen LogP contribution in [0.2, 0.25) is 0 Å². The van der Waals surface area contributed by atoms with Crippen molar-refractivity contribution in [3.63, 3.8) is 0 Å². The fourth-order valence-corrected chi connectivity index (χ4v) is 10.8. The molecule has 0 bridgehead atoms. The van der Waals surface area contributed by atoms with Gasteiger partial charge in [-0.2, -0.15) is 0 Å². The highest BCUT2D eigenvalue weighted by molar-refractivity contribution is 6.18. The third-order valence-electron chi connectivity index (χ3n) is 16.6. The molecule has 12 aromatic rings. The minimum Gasteiger partial charge on any atom is -0.507 e. The Morgan fingerprint density at radius 2 is 0.492 bits per heavy atom. The molecule has 39 nitrogen and oxygen atoms in total. The smallest absolute Gasteiger partial charge is 0.339 e. The van der Waals surface area contributed by atoms with Gasteiger partial charge in [-0.3, -0.25) is 62.3 Å². The van der Waals surface area contributed by atoms with Crippen LogP contribution in [0.25, 0.3) is 0 Å². The molecular weight excluding hydrogens is 1670 g/mol. The highest BCUT2D eigenvalue weighted by atomic mass is 16.6. The van der Waals surface area contributed by atoms with Crippen LogP contribution in [0.3, 0.4) is 0 Å². The Bertz CT molecular complexity index is 6140. The molecule has 0 aliphatic carbocycles. The van der Waals surface area contributed by atoms with E-state index >= 15 is 0 Å². The number of rotatable bonds is 28. The third kappa shape index (κ3) is 23.0. The lowest BCUT2D eigenvalue weighted by atomic mass is 9.96. The Kier molecular flexibility index (Phi) is 32.8. The van der Waals surface area contributed by atoms with Gasteiger partial charge in [0, 0.05) is 30.3 Å². The van der Waals surface area contributed by atoms with Gasteiger partial charge in [-0.15, -0.1) is 0 Å². The molecule has 0 fully saturated rings. The first-order valence-corrected chi connectivity index (χ1v) is 34.6. The van der Waals surface area contributed by atoms with Crippen LogP contribution >= 0.6 is 0 Å². The summed E-state index contributed by atoms with van der Waals surface area (Å²) in [6.45, 7) is 0.450. The Balaban J connectivity index is 0.000000208. The van der Waals surface area contributed by atoms with Gasteiger partial charge in [0.2, 0.25) is 40.4 Å². The molecule has 0 radical (unpaired) electrons. The van der Waals surface area contributed by atoms with Gasteiger partial charge in [0.15, 0.2) is 40.3 Å². The Morgan fingerprint density at radius 1 is 0.198 bits per heavy atom. The first-order valence-electron chi connectivity index (χ1n) is 34.6. The summed E-state index contributed by atoms with van der Waals surface area (Å²) in [7, 11) is 0. The SMILES string of the molecule is O=COc1cc(O)c(C(=O)c2ccccc2O)c(C(=O)O)c1.O=COc1cc(O)c(C(=O)c2ccccc2O)c(O)c1.O=COc1cc(O)c(C(=O)c2ccccc2O)cc1C(=O)O.O=COc1cc(O)c(C(=O)c2ccccc2O)cc1O.O=COc1ccc(C(=O)c2ccccc2O)c(O)c1O.O=COc1ccc(C(=O)c2ccccc2O)c(O)c1OC=O. The number of para-hydroxylation sites is 6. The number of ether oxygens (including phenoxy) is 7. The van der Waals surface area contributed by atoms with Crippen molar-refractivity contribution in [2.24, 2.45) is 0 Å². The zero-order chi connectivity index (χ0) is 92.8. The summed E-state index contributed by atoms with van der Waals surface area (Å²) in [5.74, 6) is -16.5. The summed E-state index contributed by atoms with van der Waals surface area (Å²) in [4.78, 5) is 168. The molecule has 0 spiro atoms. The van der Waals surface area contributed by atoms with E-state index in [1.807, 2.05) is 0 Å². The van der Waals surface area contributed by atoms with Gasteiger partial charge in [0.05, 0.1) is 66.8 Å². The van der Waals surface area contributed by atoms with Crippen molar-refractivity contribution in [3.05, 3.63) is 296 Å². The predicted octanol–water partition coefficient (Wildman–Crippen LogP) is 9.23. The molecule has 0 saturated heterocycles. The van der Waals surface area contributed by atoms with E-state index < -0.39 is 127 Å². The van der Waals surface area contributed by atoms with Crippen molar-refractivity contribution in [1.29, 1.82) is 0 Å². The van der Waals surface area contributed by atoms with Crippen LogP contribution in [0, 0.1) is 0 Å². The molecule has 12 rings (SSSR count). The van der Waals surface area contributed by atoms with E-state index in [9.17, 15) is 154 Å². The number of aromatic carboxylic acids is 2. The maximum absolute atomic E-state index is 12.4. The summed E-state index contributed by atoms with van der Waals surface area (Å²) in [5.41, 5.74) is -3.33. The van der Waals surface area contributed by atoms with Crippen LogP contribution in [0.5, 0.6) is 126 Å². The van der Waals surface area contributed by atoms with Gasteiger partial charge >= 0.3 is 11.9 Å². The molecular formula is C87H60O39. The number of carbonyl (C=O) groups excluding carboxylic acids is 13. The van der Waals surface area contributed by atoms with Crippen molar-refractivity contribution in [3.8, 4) is 126 Å². The van der Waals surface area contributed by atoms with E-state index in [1.54, 1.807) is 24.3 Å². The van der Waals surface area contributed by atoms with E-state index in [-0.39, 0.29) is 170 Å². The molecule has 0 atom stereocenters. The number of phenolic OH excluding ortho intramolecular Hbond substituents is 15. The second kappa shape index (κ2) is 43.9. The normalized spacial score (nSPS) is 9.97. The van der Waals surface area contributed by atoms with Gasteiger partial charge in [0.25, 0.3) is 45.3 Å². The van der Waals surface area contributed by atoms with Crippen molar-refractivity contribution >= 4 is 91.9 Å². The average molecular weight is 1730 g/mol.